The molecule has 3 rings (SSSR count). The minimum atomic E-state index is -0.247. The van der Waals surface area contributed by atoms with Crippen molar-refractivity contribution in [1.82, 2.24) is 10.2 Å². The van der Waals surface area contributed by atoms with Gasteiger partial charge in [-0.3, -0.25) is 4.79 Å². The third-order valence-corrected chi connectivity index (χ3v) is 5.86. The molecule has 2 fully saturated rings. The molecule has 1 N–H and O–H groups in total. The number of rotatable bonds is 8. The summed E-state index contributed by atoms with van der Waals surface area (Å²) in [6, 6.07) is 11.2. The van der Waals surface area contributed by atoms with Crippen LogP contribution in [0.5, 0.6) is 0 Å². The van der Waals surface area contributed by atoms with Crippen LogP contribution in [0.1, 0.15) is 57.9 Å². The van der Waals surface area contributed by atoms with E-state index in [2.05, 4.69) is 54.4 Å². The Balaban J connectivity index is 0.00000243. The molecule has 2 aliphatic rings. The summed E-state index contributed by atoms with van der Waals surface area (Å²) in [7, 11) is 0. The number of carbonyl (C=O) groups excluding carboxylic acids is 1. The van der Waals surface area contributed by atoms with Crippen molar-refractivity contribution in [1.29, 1.82) is 0 Å². The van der Waals surface area contributed by atoms with Crippen LogP contribution < -0.4 is 5.32 Å². The first-order chi connectivity index (χ1) is 12.0. The molecule has 0 aromatic heterocycles. The lowest BCUT2D eigenvalue weighted by Gasteiger charge is -2.37. The van der Waals surface area contributed by atoms with Gasteiger partial charge in [0.1, 0.15) is 0 Å². The van der Waals surface area contributed by atoms with Crippen LogP contribution in [-0.2, 0) is 11.2 Å². The van der Waals surface area contributed by atoms with Crippen molar-refractivity contribution in [2.75, 3.05) is 19.6 Å². The molecule has 0 bridgehead atoms. The standard InChI is InChI=1S/C22H34N2O.ClH/c1-22(2,14-6-9-18-7-4-3-5-8-18)21(25)24-15-12-20(13-16-24)23-17-19-10-11-19;/h3-5,7-8,19-20,23H,6,9-17H2,1-2H3;1H. The van der Waals surface area contributed by atoms with Crippen molar-refractivity contribution >= 4 is 18.3 Å². The largest absolute Gasteiger partial charge is 0.342 e. The molecule has 1 heterocycles. The SMILES string of the molecule is CC(C)(CCCc1ccccc1)C(=O)N1CCC(NCC2CC2)CC1.Cl. The molecular weight excluding hydrogens is 344 g/mol. The normalized spacial score (nSPS) is 18.5. The van der Waals surface area contributed by atoms with Gasteiger partial charge < -0.3 is 10.2 Å². The average molecular weight is 379 g/mol. The molecule has 1 amide bonds. The van der Waals surface area contributed by atoms with Gasteiger partial charge in [0.05, 0.1) is 0 Å². The second kappa shape index (κ2) is 9.75. The summed E-state index contributed by atoms with van der Waals surface area (Å²) in [4.78, 5) is 15.1. The van der Waals surface area contributed by atoms with Gasteiger partial charge in [0.2, 0.25) is 5.91 Å². The van der Waals surface area contributed by atoms with Crippen LogP contribution in [0.4, 0.5) is 0 Å². The van der Waals surface area contributed by atoms with Gasteiger partial charge in [-0.1, -0.05) is 44.2 Å². The van der Waals surface area contributed by atoms with Crippen LogP contribution in [0, 0.1) is 11.3 Å². The fourth-order valence-electron chi connectivity index (χ4n) is 3.86. The van der Waals surface area contributed by atoms with Gasteiger partial charge in [0.25, 0.3) is 0 Å². The molecule has 26 heavy (non-hydrogen) atoms. The molecule has 1 saturated carbocycles. The maximum absolute atomic E-state index is 13.0. The zero-order chi connectivity index (χ0) is 17.7. The van der Waals surface area contributed by atoms with Gasteiger partial charge in [-0.15, -0.1) is 12.4 Å². The van der Waals surface area contributed by atoms with E-state index in [9.17, 15) is 4.79 Å². The maximum Gasteiger partial charge on any atom is 0.228 e. The Kier molecular flexibility index (Phi) is 7.97. The van der Waals surface area contributed by atoms with Crippen LogP contribution in [0.25, 0.3) is 0 Å². The summed E-state index contributed by atoms with van der Waals surface area (Å²) in [6.45, 7) is 7.27. The number of likely N-dealkylation sites (tertiary alicyclic amines) is 1. The number of benzene rings is 1. The summed E-state index contributed by atoms with van der Waals surface area (Å²) in [5.41, 5.74) is 1.12. The molecule has 146 valence electrons. The summed E-state index contributed by atoms with van der Waals surface area (Å²) < 4.78 is 0. The predicted molar refractivity (Wildman–Crippen MR) is 111 cm³/mol. The maximum atomic E-state index is 13.0. The van der Waals surface area contributed by atoms with Gasteiger partial charge in [-0.05, 0) is 63.0 Å². The summed E-state index contributed by atoms with van der Waals surface area (Å²) in [5.74, 6) is 1.28. The van der Waals surface area contributed by atoms with Gasteiger partial charge in [0, 0.05) is 24.5 Å². The van der Waals surface area contributed by atoms with Gasteiger partial charge in [-0.25, -0.2) is 0 Å². The molecule has 1 aromatic rings. The van der Waals surface area contributed by atoms with Gasteiger partial charge in [-0.2, -0.15) is 0 Å². The predicted octanol–water partition coefficient (Wildman–Crippen LogP) is 4.45. The van der Waals surface area contributed by atoms with E-state index in [1.54, 1.807) is 0 Å². The van der Waals surface area contributed by atoms with E-state index in [1.807, 2.05) is 0 Å². The second-order valence-electron chi connectivity index (χ2n) is 8.64. The molecular formula is C22H35ClN2O. The highest BCUT2D eigenvalue weighted by atomic mass is 35.5. The Labute approximate surface area is 165 Å². The number of hydrogen-bond acceptors (Lipinski definition) is 2. The highest BCUT2D eigenvalue weighted by Gasteiger charge is 2.33. The third kappa shape index (κ3) is 6.28. The van der Waals surface area contributed by atoms with Gasteiger partial charge in [0.15, 0.2) is 0 Å². The van der Waals surface area contributed by atoms with Crippen LogP contribution in [0.15, 0.2) is 30.3 Å². The number of amides is 1. The first-order valence-corrected chi connectivity index (χ1v) is 10.1. The van der Waals surface area contributed by atoms with Crippen molar-refractivity contribution in [3.63, 3.8) is 0 Å². The molecule has 1 aliphatic carbocycles. The highest BCUT2D eigenvalue weighted by Crippen LogP contribution is 2.29. The lowest BCUT2D eigenvalue weighted by atomic mass is 9.84. The van der Waals surface area contributed by atoms with E-state index in [0.717, 1.165) is 51.1 Å². The van der Waals surface area contributed by atoms with E-state index in [-0.39, 0.29) is 17.8 Å². The molecule has 0 unspecified atom stereocenters. The Morgan fingerprint density at radius 2 is 1.77 bits per heavy atom. The fourth-order valence-corrected chi connectivity index (χ4v) is 3.86. The molecule has 0 atom stereocenters. The molecule has 3 nitrogen and oxygen atoms in total. The third-order valence-electron chi connectivity index (χ3n) is 5.86. The van der Waals surface area contributed by atoms with Crippen molar-refractivity contribution in [3.8, 4) is 0 Å². The van der Waals surface area contributed by atoms with Crippen LogP contribution >= 0.6 is 12.4 Å². The van der Waals surface area contributed by atoms with E-state index in [4.69, 9.17) is 0 Å². The quantitative estimate of drug-likeness (QED) is 0.724. The number of piperidine rings is 1. The molecule has 0 radical (unpaired) electrons. The van der Waals surface area contributed by atoms with Crippen molar-refractivity contribution < 1.29 is 4.79 Å². The summed E-state index contributed by atoms with van der Waals surface area (Å²) in [6.07, 6.45) is 8.12. The Bertz CT molecular complexity index is 549. The minimum absolute atomic E-state index is 0. The second-order valence-corrected chi connectivity index (χ2v) is 8.64. The molecule has 1 aromatic carbocycles. The van der Waals surface area contributed by atoms with E-state index in [1.165, 1.54) is 24.9 Å². The van der Waals surface area contributed by atoms with Crippen molar-refractivity contribution in [2.45, 2.75) is 64.8 Å². The Hall–Kier alpha value is -1.06. The Morgan fingerprint density at radius 3 is 2.38 bits per heavy atom. The van der Waals surface area contributed by atoms with Gasteiger partial charge >= 0.3 is 0 Å². The molecule has 1 aliphatic heterocycles. The number of nitrogens with one attached hydrogen (secondary N) is 1. The number of hydrogen-bond donors (Lipinski definition) is 1. The monoisotopic (exact) mass is 378 g/mol. The zero-order valence-electron chi connectivity index (χ0n) is 16.4. The van der Waals surface area contributed by atoms with E-state index >= 15 is 0 Å². The summed E-state index contributed by atoms with van der Waals surface area (Å²) in [5, 5.41) is 3.70. The fraction of sp³-hybridized carbons (Fsp3) is 0.682. The lowest BCUT2D eigenvalue weighted by Crippen LogP contribution is -2.49. The summed E-state index contributed by atoms with van der Waals surface area (Å²) >= 11 is 0. The minimum Gasteiger partial charge on any atom is -0.342 e. The van der Waals surface area contributed by atoms with E-state index in [0.29, 0.717) is 11.9 Å². The van der Waals surface area contributed by atoms with Crippen LogP contribution in [-0.4, -0.2) is 36.5 Å². The molecule has 1 saturated heterocycles. The first-order valence-electron chi connectivity index (χ1n) is 10.1. The number of aryl methyl sites for hydroxylation is 1. The molecule has 4 heteroatoms. The van der Waals surface area contributed by atoms with Crippen molar-refractivity contribution in [2.24, 2.45) is 11.3 Å². The highest BCUT2D eigenvalue weighted by molar-refractivity contribution is 5.85. The number of carbonyl (C=O) groups is 1. The topological polar surface area (TPSA) is 32.3 Å². The number of halogens is 1. The van der Waals surface area contributed by atoms with E-state index < -0.39 is 0 Å². The average Bonchev–Trinajstić information content (AvgIpc) is 3.45. The molecule has 0 spiro atoms. The Morgan fingerprint density at radius 1 is 1.12 bits per heavy atom. The lowest BCUT2D eigenvalue weighted by molar-refractivity contribution is -0.142. The first kappa shape index (κ1) is 21.2. The number of nitrogens with zero attached hydrogens (tertiary/aromatic N) is 1. The van der Waals surface area contributed by atoms with Crippen LogP contribution in [0.2, 0.25) is 0 Å². The van der Waals surface area contributed by atoms with Crippen LogP contribution in [0.3, 0.4) is 0 Å². The van der Waals surface area contributed by atoms with Crippen molar-refractivity contribution in [3.05, 3.63) is 35.9 Å². The smallest absolute Gasteiger partial charge is 0.228 e. The zero-order valence-corrected chi connectivity index (χ0v) is 17.2.